The summed E-state index contributed by atoms with van der Waals surface area (Å²) < 4.78 is 15.2. The van der Waals surface area contributed by atoms with Crippen LogP contribution in [0.4, 0.5) is 10.2 Å². The number of anilines is 1. The van der Waals surface area contributed by atoms with Crippen LogP contribution in [0, 0.1) is 5.82 Å². The molecule has 2 N–H and O–H groups in total. The Balaban J connectivity index is 1.58. The van der Waals surface area contributed by atoms with Crippen molar-refractivity contribution in [2.75, 3.05) is 5.32 Å². The van der Waals surface area contributed by atoms with E-state index in [1.807, 2.05) is 36.7 Å². The first-order valence-corrected chi connectivity index (χ1v) is 8.85. The fourth-order valence-corrected chi connectivity index (χ4v) is 3.89. The van der Waals surface area contributed by atoms with Gasteiger partial charge in [0.1, 0.15) is 11.6 Å². The fraction of sp³-hybridized carbons (Fsp3) is 0.143. The third kappa shape index (κ3) is 2.70. The average molecular weight is 360 g/mol. The van der Waals surface area contributed by atoms with Crippen molar-refractivity contribution in [3.63, 3.8) is 0 Å². The maximum absolute atomic E-state index is 13.5. The van der Waals surface area contributed by atoms with Crippen LogP contribution in [0.25, 0.3) is 10.9 Å². The van der Waals surface area contributed by atoms with Gasteiger partial charge in [0, 0.05) is 35.0 Å². The molecule has 0 fully saturated rings. The number of nitrogens with zero attached hydrogens (tertiary/aromatic N) is 2. The molecule has 1 atom stereocenters. The molecule has 27 heavy (non-hydrogen) atoms. The molecule has 134 valence electrons. The standard InChI is InChI=1S/C21H17FN4O/c22-14-4-1-3-13(9-14)12-26-21-18(11-24-26)17(10-20(27)25-21)15-5-2-6-19-16(15)7-8-23-19/h1-9,11,17,23H,10,12H2,(H,25,27). The molecular weight excluding hydrogens is 343 g/mol. The molecule has 2 aromatic heterocycles. The van der Waals surface area contributed by atoms with Gasteiger partial charge in [-0.3, -0.25) is 4.79 Å². The van der Waals surface area contributed by atoms with Crippen LogP contribution in [0.2, 0.25) is 0 Å². The molecule has 6 heteroatoms. The molecule has 0 aliphatic carbocycles. The maximum Gasteiger partial charge on any atom is 0.226 e. The van der Waals surface area contributed by atoms with Gasteiger partial charge in [-0.25, -0.2) is 9.07 Å². The summed E-state index contributed by atoms with van der Waals surface area (Å²) >= 11 is 0. The van der Waals surface area contributed by atoms with Crippen molar-refractivity contribution in [1.29, 1.82) is 0 Å². The van der Waals surface area contributed by atoms with Gasteiger partial charge in [0.15, 0.2) is 0 Å². The van der Waals surface area contributed by atoms with Gasteiger partial charge in [-0.05, 0) is 35.4 Å². The van der Waals surface area contributed by atoms with Gasteiger partial charge in [-0.1, -0.05) is 24.3 Å². The van der Waals surface area contributed by atoms with Crippen LogP contribution < -0.4 is 5.32 Å². The van der Waals surface area contributed by atoms with Crippen LogP contribution in [0.15, 0.2) is 60.9 Å². The van der Waals surface area contributed by atoms with Crippen molar-refractivity contribution in [1.82, 2.24) is 14.8 Å². The van der Waals surface area contributed by atoms with Crippen LogP contribution in [-0.2, 0) is 11.3 Å². The number of aromatic amines is 1. The van der Waals surface area contributed by atoms with E-state index in [9.17, 15) is 9.18 Å². The maximum atomic E-state index is 13.5. The third-order valence-electron chi connectivity index (χ3n) is 5.12. The molecule has 4 aromatic rings. The lowest BCUT2D eigenvalue weighted by Crippen LogP contribution is -2.25. The number of hydrogen-bond donors (Lipinski definition) is 2. The first-order chi connectivity index (χ1) is 13.2. The zero-order valence-electron chi connectivity index (χ0n) is 14.4. The third-order valence-corrected chi connectivity index (χ3v) is 5.12. The molecule has 2 aromatic carbocycles. The second-order valence-electron chi connectivity index (χ2n) is 6.83. The van der Waals surface area contributed by atoms with Crippen LogP contribution in [-0.4, -0.2) is 20.7 Å². The lowest BCUT2D eigenvalue weighted by atomic mass is 9.85. The predicted octanol–water partition coefficient (Wildman–Crippen LogP) is 4.03. The molecule has 1 aliphatic heterocycles. The molecule has 5 nitrogen and oxygen atoms in total. The topological polar surface area (TPSA) is 62.7 Å². The first kappa shape index (κ1) is 15.8. The first-order valence-electron chi connectivity index (χ1n) is 8.85. The summed E-state index contributed by atoms with van der Waals surface area (Å²) in [6, 6.07) is 14.5. The minimum Gasteiger partial charge on any atom is -0.361 e. The van der Waals surface area contributed by atoms with E-state index in [2.05, 4.69) is 21.5 Å². The number of carbonyl (C=O) groups excluding carboxylic acids is 1. The van der Waals surface area contributed by atoms with Crippen molar-refractivity contribution in [3.05, 3.63) is 83.4 Å². The molecule has 5 rings (SSSR count). The SMILES string of the molecule is O=C1CC(c2cccc3[nH]ccc23)c2cnn(Cc3cccc(F)c3)c2N1. The number of aromatic nitrogens is 3. The van der Waals surface area contributed by atoms with E-state index in [1.165, 1.54) is 12.1 Å². The highest BCUT2D eigenvalue weighted by Crippen LogP contribution is 2.39. The summed E-state index contributed by atoms with van der Waals surface area (Å²) in [5.74, 6) is 0.304. The lowest BCUT2D eigenvalue weighted by molar-refractivity contribution is -0.116. The molecule has 1 amide bonds. The highest BCUT2D eigenvalue weighted by Gasteiger charge is 2.31. The largest absolute Gasteiger partial charge is 0.361 e. The van der Waals surface area contributed by atoms with E-state index < -0.39 is 0 Å². The van der Waals surface area contributed by atoms with Crippen molar-refractivity contribution in [2.24, 2.45) is 0 Å². The molecule has 0 spiro atoms. The Morgan fingerprint density at radius 1 is 1.15 bits per heavy atom. The second kappa shape index (κ2) is 6.09. The van der Waals surface area contributed by atoms with Gasteiger partial charge >= 0.3 is 0 Å². The van der Waals surface area contributed by atoms with Crippen molar-refractivity contribution >= 4 is 22.6 Å². The zero-order chi connectivity index (χ0) is 18.4. The molecule has 3 heterocycles. The average Bonchev–Trinajstić information content (AvgIpc) is 3.28. The van der Waals surface area contributed by atoms with Crippen LogP contribution in [0.5, 0.6) is 0 Å². The normalized spacial score (nSPS) is 16.3. The molecule has 1 unspecified atom stereocenters. The lowest BCUT2D eigenvalue weighted by Gasteiger charge is -2.24. The summed E-state index contributed by atoms with van der Waals surface area (Å²) in [6.45, 7) is 0.397. The minimum absolute atomic E-state index is 0.0407. The van der Waals surface area contributed by atoms with E-state index >= 15 is 0 Å². The Labute approximate surface area is 154 Å². The Kier molecular flexibility index (Phi) is 3.57. The van der Waals surface area contributed by atoms with Crippen molar-refractivity contribution in [2.45, 2.75) is 18.9 Å². The Morgan fingerprint density at radius 2 is 2.04 bits per heavy atom. The Morgan fingerprint density at radius 3 is 2.93 bits per heavy atom. The number of nitrogens with one attached hydrogen (secondary N) is 2. The van der Waals surface area contributed by atoms with Crippen LogP contribution in [0.1, 0.15) is 29.0 Å². The molecule has 0 bridgehead atoms. The van der Waals surface area contributed by atoms with Gasteiger partial charge in [-0.15, -0.1) is 0 Å². The molecule has 0 saturated carbocycles. The number of fused-ring (bicyclic) bond motifs is 2. The highest BCUT2D eigenvalue weighted by molar-refractivity contribution is 5.95. The monoisotopic (exact) mass is 360 g/mol. The predicted molar refractivity (Wildman–Crippen MR) is 101 cm³/mol. The fourth-order valence-electron chi connectivity index (χ4n) is 3.89. The molecular formula is C21H17FN4O. The van der Waals surface area contributed by atoms with Gasteiger partial charge in [0.2, 0.25) is 5.91 Å². The summed E-state index contributed by atoms with van der Waals surface area (Å²) in [4.78, 5) is 15.6. The zero-order valence-corrected chi connectivity index (χ0v) is 14.4. The Hall–Kier alpha value is -3.41. The summed E-state index contributed by atoms with van der Waals surface area (Å²) in [6.07, 6.45) is 4.10. The van der Waals surface area contributed by atoms with Crippen molar-refractivity contribution in [3.8, 4) is 0 Å². The number of hydrogen-bond acceptors (Lipinski definition) is 2. The minimum atomic E-state index is -0.283. The second-order valence-corrected chi connectivity index (χ2v) is 6.83. The number of carbonyl (C=O) groups is 1. The summed E-state index contributed by atoms with van der Waals surface area (Å²) in [5, 5.41) is 8.53. The van der Waals surface area contributed by atoms with Gasteiger partial charge in [0.05, 0.1) is 12.7 Å². The number of H-pyrrole nitrogens is 1. The number of amides is 1. The van der Waals surface area contributed by atoms with Crippen molar-refractivity contribution < 1.29 is 9.18 Å². The van der Waals surface area contributed by atoms with E-state index in [4.69, 9.17) is 0 Å². The van der Waals surface area contributed by atoms with Gasteiger partial charge < -0.3 is 10.3 Å². The summed E-state index contributed by atoms with van der Waals surface area (Å²) in [5.41, 5.74) is 3.94. The smallest absolute Gasteiger partial charge is 0.226 e. The highest BCUT2D eigenvalue weighted by atomic mass is 19.1. The molecule has 1 aliphatic rings. The number of rotatable bonds is 3. The molecule has 0 radical (unpaired) electrons. The number of benzene rings is 2. The van der Waals surface area contributed by atoms with Gasteiger partial charge in [0.25, 0.3) is 0 Å². The van der Waals surface area contributed by atoms with E-state index in [0.29, 0.717) is 18.8 Å². The number of halogens is 1. The van der Waals surface area contributed by atoms with Gasteiger partial charge in [-0.2, -0.15) is 5.10 Å². The van der Waals surface area contributed by atoms with Crippen LogP contribution in [0.3, 0.4) is 0 Å². The Bertz CT molecular complexity index is 1160. The van der Waals surface area contributed by atoms with Crippen LogP contribution >= 0.6 is 0 Å². The van der Waals surface area contributed by atoms with E-state index in [1.54, 1.807) is 10.7 Å². The van der Waals surface area contributed by atoms with E-state index in [0.717, 1.165) is 27.6 Å². The summed E-state index contributed by atoms with van der Waals surface area (Å²) in [7, 11) is 0. The van der Waals surface area contributed by atoms with E-state index in [-0.39, 0.29) is 17.6 Å². The quantitative estimate of drug-likeness (QED) is 0.579. The molecule has 0 saturated heterocycles.